The third-order valence-corrected chi connectivity index (χ3v) is 4.64. The molecule has 0 saturated heterocycles. The van der Waals surface area contributed by atoms with Gasteiger partial charge in [-0.25, -0.2) is 4.98 Å². The highest BCUT2D eigenvalue weighted by Crippen LogP contribution is 2.33. The average Bonchev–Trinajstić information content (AvgIpc) is 2.88. The second-order valence-electron chi connectivity index (χ2n) is 4.44. The van der Waals surface area contributed by atoms with Crippen LogP contribution in [-0.4, -0.2) is 41.1 Å². The topological polar surface area (TPSA) is 66.8 Å². The number of para-hydroxylation sites is 1. The van der Waals surface area contributed by atoms with Gasteiger partial charge in [0.15, 0.2) is 4.34 Å². The largest absolute Gasteiger partial charge is 0.357 e. The van der Waals surface area contributed by atoms with Crippen LogP contribution in [0.25, 0.3) is 10.2 Å². The van der Waals surface area contributed by atoms with E-state index in [0.717, 1.165) is 14.6 Å². The number of hydrogen-bond donors (Lipinski definition) is 1. The van der Waals surface area contributed by atoms with Gasteiger partial charge in [0.1, 0.15) is 0 Å². The van der Waals surface area contributed by atoms with Crippen LogP contribution in [0.2, 0.25) is 0 Å². The number of nitrogens with zero attached hydrogens (tertiary/aromatic N) is 5. The van der Waals surface area contributed by atoms with Crippen molar-refractivity contribution >= 4 is 45.2 Å². The molecule has 0 fully saturated rings. The Hall–Kier alpha value is -1.93. The van der Waals surface area contributed by atoms with Gasteiger partial charge in [-0.15, -0.1) is 11.3 Å². The highest BCUT2D eigenvalue weighted by atomic mass is 32.2. The van der Waals surface area contributed by atoms with Gasteiger partial charge in [0.05, 0.1) is 10.2 Å². The number of anilines is 2. The van der Waals surface area contributed by atoms with E-state index in [0.29, 0.717) is 17.1 Å². The third kappa shape index (κ3) is 3.06. The molecule has 6 nitrogen and oxygen atoms in total. The molecule has 0 unspecified atom stereocenters. The Labute approximate surface area is 130 Å². The zero-order valence-corrected chi connectivity index (χ0v) is 13.5. The summed E-state index contributed by atoms with van der Waals surface area (Å²) in [6.45, 7) is 0. The molecule has 0 amide bonds. The van der Waals surface area contributed by atoms with Crippen LogP contribution >= 0.6 is 23.1 Å². The van der Waals surface area contributed by atoms with Crippen molar-refractivity contribution in [3.63, 3.8) is 0 Å². The Balaban J connectivity index is 1.94. The summed E-state index contributed by atoms with van der Waals surface area (Å²) in [5, 5.41) is 3.59. The first-order valence-corrected chi connectivity index (χ1v) is 7.93. The minimum atomic E-state index is 0.553. The minimum absolute atomic E-state index is 0.553. The third-order valence-electron chi connectivity index (χ3n) is 2.68. The van der Waals surface area contributed by atoms with E-state index in [4.69, 9.17) is 0 Å². The average molecular weight is 318 g/mol. The zero-order chi connectivity index (χ0) is 14.8. The van der Waals surface area contributed by atoms with E-state index >= 15 is 0 Å². The summed E-state index contributed by atoms with van der Waals surface area (Å²) in [5.41, 5.74) is 1.00. The summed E-state index contributed by atoms with van der Waals surface area (Å²) in [4.78, 5) is 19.5. The van der Waals surface area contributed by atoms with Crippen molar-refractivity contribution in [3.05, 3.63) is 24.3 Å². The molecular weight excluding hydrogens is 304 g/mol. The molecule has 8 heteroatoms. The van der Waals surface area contributed by atoms with Crippen molar-refractivity contribution in [1.29, 1.82) is 0 Å². The Morgan fingerprint density at radius 3 is 2.62 bits per heavy atom. The summed E-state index contributed by atoms with van der Waals surface area (Å²) in [7, 11) is 5.60. The van der Waals surface area contributed by atoms with E-state index in [1.807, 2.05) is 37.2 Å². The summed E-state index contributed by atoms with van der Waals surface area (Å²) < 4.78 is 2.09. The fraction of sp³-hybridized carbons (Fsp3) is 0.231. The molecule has 0 aliphatic carbocycles. The highest BCUT2D eigenvalue weighted by Gasteiger charge is 2.11. The van der Waals surface area contributed by atoms with Gasteiger partial charge in [-0.1, -0.05) is 12.1 Å². The lowest BCUT2D eigenvalue weighted by molar-refractivity contribution is 0.870. The lowest BCUT2D eigenvalue weighted by Crippen LogP contribution is -2.15. The standard InChI is InChI=1S/C13H14N6S2/c1-14-10-16-11(19(2)3)18-12(17-10)21-13-15-8-6-4-5-7-9(8)20-13/h4-7H,1-3H3,(H,14,16,17,18). The van der Waals surface area contributed by atoms with Gasteiger partial charge < -0.3 is 10.2 Å². The number of rotatable bonds is 4. The van der Waals surface area contributed by atoms with E-state index in [2.05, 4.69) is 31.3 Å². The Kier molecular flexibility index (Phi) is 3.89. The Morgan fingerprint density at radius 1 is 1.10 bits per heavy atom. The van der Waals surface area contributed by atoms with Gasteiger partial charge in [-0.05, 0) is 23.9 Å². The van der Waals surface area contributed by atoms with Crippen molar-refractivity contribution in [2.45, 2.75) is 9.50 Å². The number of thiazole rings is 1. The fourth-order valence-corrected chi connectivity index (χ4v) is 3.59. The quantitative estimate of drug-likeness (QED) is 0.793. The van der Waals surface area contributed by atoms with Crippen LogP contribution < -0.4 is 10.2 Å². The zero-order valence-electron chi connectivity index (χ0n) is 11.9. The van der Waals surface area contributed by atoms with Crippen LogP contribution in [0.15, 0.2) is 33.8 Å². The molecule has 0 aliphatic heterocycles. The SMILES string of the molecule is CNc1nc(Sc2nc3ccccc3s2)nc(N(C)C)n1. The molecule has 2 heterocycles. The van der Waals surface area contributed by atoms with E-state index in [1.165, 1.54) is 11.8 Å². The Morgan fingerprint density at radius 2 is 1.90 bits per heavy atom. The van der Waals surface area contributed by atoms with Gasteiger partial charge in [0, 0.05) is 21.1 Å². The van der Waals surface area contributed by atoms with Crippen molar-refractivity contribution in [2.75, 3.05) is 31.4 Å². The lowest BCUT2D eigenvalue weighted by Gasteiger charge is -2.11. The number of aromatic nitrogens is 4. The number of nitrogens with one attached hydrogen (secondary N) is 1. The summed E-state index contributed by atoms with van der Waals surface area (Å²) >= 11 is 3.09. The lowest BCUT2D eigenvalue weighted by atomic mass is 10.3. The summed E-state index contributed by atoms with van der Waals surface area (Å²) in [5.74, 6) is 1.18. The van der Waals surface area contributed by atoms with Crippen molar-refractivity contribution in [1.82, 2.24) is 19.9 Å². The highest BCUT2D eigenvalue weighted by molar-refractivity contribution is 8.01. The molecule has 0 saturated carbocycles. The molecule has 21 heavy (non-hydrogen) atoms. The summed E-state index contributed by atoms with van der Waals surface area (Å²) in [6.07, 6.45) is 0. The van der Waals surface area contributed by atoms with Crippen molar-refractivity contribution < 1.29 is 0 Å². The second kappa shape index (κ2) is 5.82. The van der Waals surface area contributed by atoms with E-state index in [1.54, 1.807) is 18.4 Å². The maximum atomic E-state index is 4.59. The molecule has 0 bridgehead atoms. The van der Waals surface area contributed by atoms with Crippen LogP contribution in [0, 0.1) is 0 Å². The molecular formula is C13H14N6S2. The smallest absolute Gasteiger partial charge is 0.230 e. The molecule has 0 spiro atoms. The molecule has 1 N–H and O–H groups in total. The molecule has 108 valence electrons. The normalized spacial score (nSPS) is 10.8. The van der Waals surface area contributed by atoms with Gasteiger partial charge in [-0.3, -0.25) is 0 Å². The first-order valence-electron chi connectivity index (χ1n) is 6.30. The summed E-state index contributed by atoms with van der Waals surface area (Å²) in [6, 6.07) is 8.08. The number of benzene rings is 1. The van der Waals surface area contributed by atoms with E-state index < -0.39 is 0 Å². The van der Waals surface area contributed by atoms with E-state index in [9.17, 15) is 0 Å². The van der Waals surface area contributed by atoms with Crippen LogP contribution in [0.4, 0.5) is 11.9 Å². The molecule has 0 aliphatic rings. The van der Waals surface area contributed by atoms with Gasteiger partial charge in [-0.2, -0.15) is 15.0 Å². The molecule has 3 rings (SSSR count). The minimum Gasteiger partial charge on any atom is -0.357 e. The Bertz CT molecular complexity index is 737. The molecule has 0 radical (unpaired) electrons. The number of hydrogen-bond acceptors (Lipinski definition) is 8. The van der Waals surface area contributed by atoms with Gasteiger partial charge in [0.2, 0.25) is 17.1 Å². The van der Waals surface area contributed by atoms with Crippen molar-refractivity contribution in [3.8, 4) is 0 Å². The van der Waals surface area contributed by atoms with Crippen LogP contribution in [0.3, 0.4) is 0 Å². The van der Waals surface area contributed by atoms with Crippen LogP contribution in [0.1, 0.15) is 0 Å². The maximum absolute atomic E-state index is 4.59. The fourth-order valence-electron chi connectivity index (χ4n) is 1.68. The van der Waals surface area contributed by atoms with Gasteiger partial charge in [0.25, 0.3) is 0 Å². The van der Waals surface area contributed by atoms with Gasteiger partial charge >= 0.3 is 0 Å². The molecule has 3 aromatic rings. The maximum Gasteiger partial charge on any atom is 0.230 e. The number of fused-ring (bicyclic) bond motifs is 1. The monoisotopic (exact) mass is 318 g/mol. The van der Waals surface area contributed by atoms with E-state index in [-0.39, 0.29) is 0 Å². The molecule has 0 atom stereocenters. The van der Waals surface area contributed by atoms with Crippen LogP contribution in [0.5, 0.6) is 0 Å². The molecule has 1 aromatic carbocycles. The first-order chi connectivity index (χ1) is 10.2. The van der Waals surface area contributed by atoms with Crippen LogP contribution in [-0.2, 0) is 0 Å². The predicted molar refractivity (Wildman–Crippen MR) is 87.4 cm³/mol. The first kappa shape index (κ1) is 14.0. The second-order valence-corrected chi connectivity index (χ2v) is 6.68. The molecule has 2 aromatic heterocycles. The van der Waals surface area contributed by atoms with Crippen molar-refractivity contribution in [2.24, 2.45) is 0 Å². The predicted octanol–water partition coefficient (Wildman–Crippen LogP) is 2.74.